The molecule has 0 radical (unpaired) electrons. The molecule has 0 aliphatic carbocycles. The third kappa shape index (κ3) is 4.90. The van der Waals surface area contributed by atoms with Gasteiger partial charge in [-0.25, -0.2) is 8.42 Å². The molecule has 0 spiro atoms. The van der Waals surface area contributed by atoms with Crippen molar-refractivity contribution in [1.29, 1.82) is 0 Å². The lowest BCUT2D eigenvalue weighted by molar-refractivity contribution is 0.222. The second kappa shape index (κ2) is 8.59. The average molecular weight is 418 g/mol. The zero-order valence-corrected chi connectivity index (χ0v) is 18.1. The van der Waals surface area contributed by atoms with Crippen LogP contribution < -0.4 is 10.6 Å². The van der Waals surface area contributed by atoms with Gasteiger partial charge in [0.2, 0.25) is 10.0 Å². The molecule has 0 aromatic heterocycles. The minimum atomic E-state index is -3.47. The molecule has 0 bridgehead atoms. The lowest BCUT2D eigenvalue weighted by atomic mass is 9.94. The summed E-state index contributed by atoms with van der Waals surface area (Å²) in [5.74, 6) is 0.758. The van der Waals surface area contributed by atoms with Crippen LogP contribution >= 0.6 is 12.2 Å². The zero-order chi connectivity index (χ0) is 20.3. The number of para-hydroxylation sites is 1. The molecule has 2 unspecified atom stereocenters. The maximum absolute atomic E-state index is 13.0. The summed E-state index contributed by atoms with van der Waals surface area (Å²) in [6, 6.07) is 14.6. The number of hydrogen-bond donors (Lipinski definition) is 2. The lowest BCUT2D eigenvalue weighted by Gasteiger charge is -2.34. The van der Waals surface area contributed by atoms with Crippen LogP contribution in [0.3, 0.4) is 0 Å². The van der Waals surface area contributed by atoms with Crippen molar-refractivity contribution in [3.8, 4) is 0 Å². The van der Waals surface area contributed by atoms with Gasteiger partial charge in [-0.15, -0.1) is 0 Å². The molecule has 2 N–H and O–H groups in total. The van der Waals surface area contributed by atoms with Crippen LogP contribution in [0, 0.1) is 18.8 Å². The van der Waals surface area contributed by atoms with Crippen LogP contribution in [0.2, 0.25) is 0 Å². The van der Waals surface area contributed by atoms with Crippen LogP contribution in [-0.2, 0) is 10.0 Å². The van der Waals surface area contributed by atoms with Gasteiger partial charge in [-0.3, -0.25) is 0 Å². The highest BCUT2D eigenvalue weighted by molar-refractivity contribution is 7.89. The molecule has 3 rings (SSSR count). The number of thiocarbonyl (C=S) groups is 1. The van der Waals surface area contributed by atoms with E-state index < -0.39 is 10.0 Å². The van der Waals surface area contributed by atoms with Gasteiger partial charge in [-0.1, -0.05) is 32.0 Å². The number of nitrogens with one attached hydrogen (secondary N) is 2. The van der Waals surface area contributed by atoms with Crippen molar-refractivity contribution < 1.29 is 8.42 Å². The number of hydrogen-bond acceptors (Lipinski definition) is 3. The molecule has 1 aliphatic rings. The van der Waals surface area contributed by atoms with Gasteiger partial charge in [0.25, 0.3) is 0 Å². The first-order chi connectivity index (χ1) is 13.3. The molecule has 1 aliphatic heterocycles. The quantitative estimate of drug-likeness (QED) is 0.719. The first-order valence-electron chi connectivity index (χ1n) is 9.49. The van der Waals surface area contributed by atoms with Crippen LogP contribution in [0.15, 0.2) is 53.4 Å². The maximum atomic E-state index is 13.0. The third-order valence-corrected chi connectivity index (χ3v) is 7.03. The van der Waals surface area contributed by atoms with Crippen LogP contribution in [0.4, 0.5) is 11.4 Å². The van der Waals surface area contributed by atoms with Crippen LogP contribution in [0.5, 0.6) is 0 Å². The Morgan fingerprint density at radius 3 is 2.21 bits per heavy atom. The number of sulfonamides is 1. The van der Waals surface area contributed by atoms with Gasteiger partial charge in [0.1, 0.15) is 0 Å². The molecule has 0 amide bonds. The van der Waals surface area contributed by atoms with E-state index in [4.69, 9.17) is 12.2 Å². The van der Waals surface area contributed by atoms with E-state index in [1.165, 1.54) is 0 Å². The molecular weight excluding hydrogens is 390 g/mol. The molecule has 2 aromatic rings. The fourth-order valence-corrected chi connectivity index (χ4v) is 5.57. The smallest absolute Gasteiger partial charge is 0.243 e. The molecular formula is C21H27N3O2S2. The third-order valence-electron chi connectivity index (χ3n) is 4.98. The van der Waals surface area contributed by atoms with Crippen molar-refractivity contribution in [2.24, 2.45) is 11.8 Å². The van der Waals surface area contributed by atoms with Crippen LogP contribution in [0.25, 0.3) is 0 Å². The van der Waals surface area contributed by atoms with E-state index in [0.717, 1.165) is 23.4 Å². The zero-order valence-electron chi connectivity index (χ0n) is 16.5. The average Bonchev–Trinajstić information content (AvgIpc) is 2.63. The summed E-state index contributed by atoms with van der Waals surface area (Å²) in [6.45, 7) is 7.38. The molecule has 1 heterocycles. The van der Waals surface area contributed by atoms with Gasteiger partial charge < -0.3 is 10.6 Å². The highest BCUT2D eigenvalue weighted by Crippen LogP contribution is 2.27. The Hall–Kier alpha value is -1.96. The summed E-state index contributed by atoms with van der Waals surface area (Å²) in [4.78, 5) is 0.317. The summed E-state index contributed by atoms with van der Waals surface area (Å²) < 4.78 is 27.5. The second-order valence-corrected chi connectivity index (χ2v) is 10.0. The van der Waals surface area contributed by atoms with E-state index in [1.807, 2.05) is 31.2 Å². The second-order valence-electron chi connectivity index (χ2n) is 7.69. The fourth-order valence-electron chi connectivity index (χ4n) is 3.66. The molecule has 0 saturated carbocycles. The van der Waals surface area contributed by atoms with Crippen molar-refractivity contribution in [3.05, 3.63) is 54.1 Å². The van der Waals surface area contributed by atoms with Gasteiger partial charge >= 0.3 is 0 Å². The van der Waals surface area contributed by atoms with Crippen LogP contribution in [0.1, 0.15) is 25.8 Å². The highest BCUT2D eigenvalue weighted by atomic mass is 32.2. The normalized spacial score (nSPS) is 20.5. The Bertz CT molecular complexity index is 932. The highest BCUT2D eigenvalue weighted by Gasteiger charge is 2.31. The van der Waals surface area contributed by atoms with Gasteiger partial charge in [-0.2, -0.15) is 4.31 Å². The minimum Gasteiger partial charge on any atom is -0.332 e. The first kappa shape index (κ1) is 20.8. The van der Waals surface area contributed by atoms with Crippen molar-refractivity contribution >= 4 is 38.7 Å². The molecule has 2 aromatic carbocycles. The number of benzene rings is 2. The lowest BCUT2D eigenvalue weighted by Crippen LogP contribution is -2.42. The van der Waals surface area contributed by atoms with Gasteiger partial charge in [-0.05, 0) is 73.3 Å². The Balaban J connectivity index is 1.67. The largest absolute Gasteiger partial charge is 0.332 e. The van der Waals surface area contributed by atoms with Crippen molar-refractivity contribution in [2.45, 2.75) is 32.1 Å². The van der Waals surface area contributed by atoms with E-state index >= 15 is 0 Å². The molecule has 1 fully saturated rings. The Morgan fingerprint density at radius 2 is 1.61 bits per heavy atom. The molecule has 7 heteroatoms. The van der Waals surface area contributed by atoms with Crippen molar-refractivity contribution in [1.82, 2.24) is 4.31 Å². The minimum absolute atomic E-state index is 0.317. The molecule has 28 heavy (non-hydrogen) atoms. The van der Waals surface area contributed by atoms with Gasteiger partial charge in [0, 0.05) is 24.5 Å². The van der Waals surface area contributed by atoms with Gasteiger partial charge in [0.15, 0.2) is 5.11 Å². The first-order valence-corrected chi connectivity index (χ1v) is 11.3. The number of anilines is 2. The Morgan fingerprint density at radius 1 is 1.00 bits per heavy atom. The SMILES string of the molecule is Cc1ccccc1NC(=S)Nc1ccc(S(=O)(=O)N2CC(C)CC(C)C2)cc1. The molecule has 1 saturated heterocycles. The predicted molar refractivity (Wildman–Crippen MR) is 119 cm³/mol. The Kier molecular flexibility index (Phi) is 6.37. The standard InChI is InChI=1S/C21H27N3O2S2/c1-15-12-16(2)14-24(13-15)28(25,26)19-10-8-18(9-11-19)22-21(27)23-20-7-5-4-6-17(20)3/h4-11,15-16H,12-14H2,1-3H3,(H2,22,23,27). The summed E-state index contributed by atoms with van der Waals surface area (Å²) in [7, 11) is -3.47. The summed E-state index contributed by atoms with van der Waals surface area (Å²) in [5, 5.41) is 6.72. The molecule has 2 atom stereocenters. The van der Waals surface area contributed by atoms with Gasteiger partial charge in [0.05, 0.1) is 4.90 Å². The van der Waals surface area contributed by atoms with E-state index in [2.05, 4.69) is 24.5 Å². The summed E-state index contributed by atoms with van der Waals surface area (Å²) in [5.41, 5.74) is 2.77. The Labute approximate surface area is 173 Å². The summed E-state index contributed by atoms with van der Waals surface area (Å²) >= 11 is 5.36. The fraction of sp³-hybridized carbons (Fsp3) is 0.381. The maximum Gasteiger partial charge on any atom is 0.243 e. The molecule has 150 valence electrons. The number of nitrogens with zero attached hydrogens (tertiary/aromatic N) is 1. The van der Waals surface area contributed by atoms with E-state index in [0.29, 0.717) is 34.9 Å². The molecule has 5 nitrogen and oxygen atoms in total. The van der Waals surface area contributed by atoms with Crippen molar-refractivity contribution in [3.63, 3.8) is 0 Å². The van der Waals surface area contributed by atoms with Crippen LogP contribution in [-0.4, -0.2) is 30.9 Å². The topological polar surface area (TPSA) is 61.4 Å². The monoisotopic (exact) mass is 417 g/mol. The summed E-state index contributed by atoms with van der Waals surface area (Å²) in [6.07, 6.45) is 1.07. The van der Waals surface area contributed by atoms with E-state index in [1.54, 1.807) is 28.6 Å². The van der Waals surface area contributed by atoms with Crippen molar-refractivity contribution in [2.75, 3.05) is 23.7 Å². The predicted octanol–water partition coefficient (Wildman–Crippen LogP) is 4.47. The van der Waals surface area contributed by atoms with E-state index in [-0.39, 0.29) is 0 Å². The van der Waals surface area contributed by atoms with E-state index in [9.17, 15) is 8.42 Å². The number of rotatable bonds is 4. The number of aryl methyl sites for hydroxylation is 1. The number of piperidine rings is 1.